The van der Waals surface area contributed by atoms with Gasteiger partial charge >= 0.3 is 0 Å². The van der Waals surface area contributed by atoms with Crippen LogP contribution in [0.4, 0.5) is 5.69 Å². The summed E-state index contributed by atoms with van der Waals surface area (Å²) in [4.78, 5) is 2.05. The van der Waals surface area contributed by atoms with E-state index in [0.29, 0.717) is 6.42 Å². The van der Waals surface area contributed by atoms with E-state index in [9.17, 15) is 0 Å². The van der Waals surface area contributed by atoms with Crippen LogP contribution >= 0.6 is 0 Å². The SMILES string of the molecule is CN(C)c1cccc(CC(C)(N)CO)c1. The highest BCUT2D eigenvalue weighted by Gasteiger charge is 2.17. The Bertz CT molecular complexity index is 321. The third-order valence-corrected chi connectivity index (χ3v) is 2.40. The van der Waals surface area contributed by atoms with Gasteiger partial charge in [0.15, 0.2) is 0 Å². The maximum atomic E-state index is 9.10. The van der Waals surface area contributed by atoms with Crippen LogP contribution < -0.4 is 10.6 Å². The van der Waals surface area contributed by atoms with Crippen molar-refractivity contribution in [1.82, 2.24) is 0 Å². The highest BCUT2D eigenvalue weighted by Crippen LogP contribution is 2.17. The van der Waals surface area contributed by atoms with Gasteiger partial charge < -0.3 is 15.7 Å². The summed E-state index contributed by atoms with van der Waals surface area (Å²) in [6, 6.07) is 8.20. The van der Waals surface area contributed by atoms with Crippen LogP contribution in [-0.4, -0.2) is 31.3 Å². The number of nitrogens with two attached hydrogens (primary N) is 1. The zero-order valence-electron chi connectivity index (χ0n) is 9.70. The van der Waals surface area contributed by atoms with Crippen molar-refractivity contribution in [2.75, 3.05) is 25.6 Å². The van der Waals surface area contributed by atoms with Gasteiger partial charge in [-0.15, -0.1) is 0 Å². The van der Waals surface area contributed by atoms with Crippen LogP contribution in [-0.2, 0) is 6.42 Å². The van der Waals surface area contributed by atoms with E-state index in [0.717, 1.165) is 11.3 Å². The first kappa shape index (κ1) is 12.0. The molecule has 0 aliphatic rings. The molecule has 1 unspecified atom stereocenters. The fourth-order valence-corrected chi connectivity index (χ4v) is 1.47. The molecule has 1 rings (SSSR count). The summed E-state index contributed by atoms with van der Waals surface area (Å²) in [5, 5.41) is 9.10. The molecule has 1 atom stereocenters. The average Bonchev–Trinajstić information content (AvgIpc) is 2.17. The Hall–Kier alpha value is -1.06. The highest BCUT2D eigenvalue weighted by atomic mass is 16.3. The first-order chi connectivity index (χ1) is 6.94. The van der Waals surface area contributed by atoms with E-state index in [1.165, 1.54) is 0 Å². The van der Waals surface area contributed by atoms with Crippen molar-refractivity contribution < 1.29 is 5.11 Å². The number of benzene rings is 1. The van der Waals surface area contributed by atoms with Gasteiger partial charge in [-0.2, -0.15) is 0 Å². The smallest absolute Gasteiger partial charge is 0.0611 e. The summed E-state index contributed by atoms with van der Waals surface area (Å²) in [6.45, 7) is 1.86. The van der Waals surface area contributed by atoms with Crippen LogP contribution in [0.1, 0.15) is 12.5 Å². The van der Waals surface area contributed by atoms with E-state index in [1.807, 2.05) is 33.2 Å². The summed E-state index contributed by atoms with van der Waals surface area (Å²) < 4.78 is 0. The summed E-state index contributed by atoms with van der Waals surface area (Å²) in [5.74, 6) is 0. The van der Waals surface area contributed by atoms with Crippen molar-refractivity contribution >= 4 is 5.69 Å². The number of rotatable bonds is 4. The van der Waals surface area contributed by atoms with Gasteiger partial charge in [0.1, 0.15) is 0 Å². The number of anilines is 1. The summed E-state index contributed by atoms with van der Waals surface area (Å²) in [7, 11) is 4.01. The molecule has 3 heteroatoms. The quantitative estimate of drug-likeness (QED) is 0.776. The van der Waals surface area contributed by atoms with Gasteiger partial charge in [-0.1, -0.05) is 12.1 Å². The molecule has 15 heavy (non-hydrogen) atoms. The van der Waals surface area contributed by atoms with Gasteiger partial charge in [0.25, 0.3) is 0 Å². The monoisotopic (exact) mass is 208 g/mol. The summed E-state index contributed by atoms with van der Waals surface area (Å²) >= 11 is 0. The molecule has 0 fully saturated rings. The molecule has 0 radical (unpaired) electrons. The molecule has 1 aromatic carbocycles. The van der Waals surface area contributed by atoms with Crippen LogP contribution in [0.2, 0.25) is 0 Å². The number of aliphatic hydroxyl groups is 1. The molecular weight excluding hydrogens is 188 g/mol. The molecule has 0 bridgehead atoms. The van der Waals surface area contributed by atoms with Gasteiger partial charge in [-0.05, 0) is 31.0 Å². The maximum absolute atomic E-state index is 9.10. The lowest BCUT2D eigenvalue weighted by atomic mass is 9.95. The Morgan fingerprint density at radius 3 is 2.60 bits per heavy atom. The third-order valence-electron chi connectivity index (χ3n) is 2.40. The summed E-state index contributed by atoms with van der Waals surface area (Å²) in [6.07, 6.45) is 0.686. The molecule has 0 amide bonds. The maximum Gasteiger partial charge on any atom is 0.0611 e. The van der Waals surface area contributed by atoms with Gasteiger partial charge in [0, 0.05) is 25.3 Å². The average molecular weight is 208 g/mol. The first-order valence-electron chi connectivity index (χ1n) is 5.10. The van der Waals surface area contributed by atoms with Crippen molar-refractivity contribution in [3.05, 3.63) is 29.8 Å². The largest absolute Gasteiger partial charge is 0.394 e. The van der Waals surface area contributed by atoms with E-state index in [-0.39, 0.29) is 6.61 Å². The minimum atomic E-state index is -0.537. The zero-order valence-corrected chi connectivity index (χ0v) is 9.70. The molecule has 0 spiro atoms. The zero-order chi connectivity index (χ0) is 11.5. The minimum Gasteiger partial charge on any atom is -0.394 e. The van der Waals surface area contributed by atoms with E-state index in [2.05, 4.69) is 17.0 Å². The molecule has 0 aromatic heterocycles. The predicted molar refractivity (Wildman–Crippen MR) is 64.2 cm³/mol. The topological polar surface area (TPSA) is 49.5 Å². The first-order valence-corrected chi connectivity index (χ1v) is 5.10. The fraction of sp³-hybridized carbons (Fsp3) is 0.500. The third kappa shape index (κ3) is 3.53. The summed E-state index contributed by atoms with van der Waals surface area (Å²) in [5.41, 5.74) is 7.68. The van der Waals surface area contributed by atoms with E-state index < -0.39 is 5.54 Å². The van der Waals surface area contributed by atoms with Crippen LogP contribution in [0, 0.1) is 0 Å². The number of hydrogen-bond acceptors (Lipinski definition) is 3. The van der Waals surface area contributed by atoms with E-state index >= 15 is 0 Å². The Morgan fingerprint density at radius 2 is 2.07 bits per heavy atom. The van der Waals surface area contributed by atoms with Crippen LogP contribution in [0.3, 0.4) is 0 Å². The van der Waals surface area contributed by atoms with Crippen LogP contribution in [0.15, 0.2) is 24.3 Å². The molecule has 3 N–H and O–H groups in total. The molecule has 0 aliphatic heterocycles. The number of hydrogen-bond donors (Lipinski definition) is 2. The van der Waals surface area contributed by atoms with E-state index in [1.54, 1.807) is 0 Å². The lowest BCUT2D eigenvalue weighted by Gasteiger charge is -2.22. The van der Waals surface area contributed by atoms with Crippen LogP contribution in [0.5, 0.6) is 0 Å². The van der Waals surface area contributed by atoms with Gasteiger partial charge in [0.05, 0.1) is 6.61 Å². The second kappa shape index (κ2) is 4.64. The Labute approximate surface area is 91.5 Å². The molecule has 84 valence electrons. The van der Waals surface area contributed by atoms with Gasteiger partial charge in [-0.3, -0.25) is 0 Å². The van der Waals surface area contributed by atoms with Gasteiger partial charge in [0.2, 0.25) is 0 Å². The van der Waals surface area contributed by atoms with Crippen molar-refractivity contribution in [3.63, 3.8) is 0 Å². The predicted octanol–water partition coefficient (Wildman–Crippen LogP) is 1.00. The molecule has 3 nitrogen and oxygen atoms in total. The second-order valence-electron chi connectivity index (χ2n) is 4.55. The van der Waals surface area contributed by atoms with Crippen molar-refractivity contribution in [3.8, 4) is 0 Å². The van der Waals surface area contributed by atoms with Crippen LogP contribution in [0.25, 0.3) is 0 Å². The Balaban J connectivity index is 2.82. The molecular formula is C12H20N2O. The molecule has 0 heterocycles. The minimum absolute atomic E-state index is 0.000802. The molecule has 1 aromatic rings. The van der Waals surface area contributed by atoms with Gasteiger partial charge in [-0.25, -0.2) is 0 Å². The van der Waals surface area contributed by atoms with E-state index in [4.69, 9.17) is 10.8 Å². The fourth-order valence-electron chi connectivity index (χ4n) is 1.47. The lowest BCUT2D eigenvalue weighted by molar-refractivity contribution is 0.208. The molecule has 0 saturated carbocycles. The lowest BCUT2D eigenvalue weighted by Crippen LogP contribution is -2.42. The highest BCUT2D eigenvalue weighted by molar-refractivity contribution is 5.47. The number of nitrogens with zero attached hydrogens (tertiary/aromatic N) is 1. The molecule has 0 aliphatic carbocycles. The standard InChI is InChI=1S/C12H20N2O/c1-12(13,9-15)8-10-5-4-6-11(7-10)14(2)3/h4-7,15H,8-9,13H2,1-3H3. The normalized spacial score (nSPS) is 14.7. The van der Waals surface area contributed by atoms with Crippen molar-refractivity contribution in [1.29, 1.82) is 0 Å². The molecule has 0 saturated heterocycles. The Kier molecular flexibility index (Phi) is 3.72. The number of aliphatic hydroxyl groups excluding tert-OH is 1. The van der Waals surface area contributed by atoms with Crippen molar-refractivity contribution in [2.24, 2.45) is 5.73 Å². The van der Waals surface area contributed by atoms with Crippen molar-refractivity contribution in [2.45, 2.75) is 18.9 Å². The second-order valence-corrected chi connectivity index (χ2v) is 4.55. The Morgan fingerprint density at radius 1 is 1.40 bits per heavy atom.